The molecular weight excluding hydrogens is 404 g/mol. The molecule has 0 aliphatic carbocycles. The van der Waals surface area contributed by atoms with Gasteiger partial charge in [0.05, 0.1) is 0 Å². The van der Waals surface area contributed by atoms with Crippen molar-refractivity contribution in [3.8, 4) is 0 Å². The summed E-state index contributed by atoms with van der Waals surface area (Å²) in [7, 11) is 2.08. The lowest BCUT2D eigenvalue weighted by atomic mass is 9.97. The zero-order valence-electron chi connectivity index (χ0n) is 22.9. The molecule has 3 heteroatoms. The summed E-state index contributed by atoms with van der Waals surface area (Å²) < 4.78 is 0. The molecule has 0 atom stereocenters. The van der Waals surface area contributed by atoms with Crippen molar-refractivity contribution in [1.82, 2.24) is 9.80 Å². The van der Waals surface area contributed by atoms with Crippen LogP contribution < -0.4 is 0 Å². The molecule has 0 bridgehead atoms. The second kappa shape index (κ2) is 14.3. The maximum Gasteiger partial charge on any atom is 0.150 e. The molecule has 2 aromatic rings. The molecule has 1 heterocycles. The van der Waals surface area contributed by atoms with Gasteiger partial charge in [-0.1, -0.05) is 71.0 Å². The van der Waals surface area contributed by atoms with Crippen LogP contribution in [-0.2, 0) is 26.1 Å². The molecule has 0 aromatic heterocycles. The van der Waals surface area contributed by atoms with Crippen molar-refractivity contribution in [1.29, 1.82) is 0 Å². The number of rotatable bonds is 7. The van der Waals surface area contributed by atoms with E-state index in [1.807, 2.05) is 26.0 Å². The van der Waals surface area contributed by atoms with E-state index >= 15 is 0 Å². The molecule has 0 radical (unpaired) electrons. The first-order valence-electron chi connectivity index (χ1n) is 12.8. The largest absolute Gasteiger partial charge is 0.300 e. The number of aryl methyl sites for hydroxylation is 1. The molecule has 0 spiro atoms. The molecule has 3 rings (SSSR count). The summed E-state index contributed by atoms with van der Waals surface area (Å²) in [6.07, 6.45) is 2.10. The lowest BCUT2D eigenvalue weighted by molar-refractivity contribution is 0.112. The van der Waals surface area contributed by atoms with Crippen LogP contribution in [0, 0.1) is 0 Å². The summed E-state index contributed by atoms with van der Waals surface area (Å²) >= 11 is 0. The Morgan fingerprint density at radius 3 is 2.09 bits per heavy atom. The standard InChI is InChI=1S/C15H23NO.C13H19N.C2H6/c1-11(2)13-6-7-14(10-17)15(8-13)9-16(5)12(3)4;1-4-11-5-6-12-8-14(10(2)3)9-13(12)7-11;1-2/h6-8,10-12H,9H2,1-5H3;5-7,10H,4,8-9H2,1-3H3;1-2H3. The number of hydrogen-bond donors (Lipinski definition) is 0. The monoisotopic (exact) mass is 452 g/mol. The maximum atomic E-state index is 11.0. The van der Waals surface area contributed by atoms with E-state index in [0.717, 1.165) is 43.5 Å². The minimum Gasteiger partial charge on any atom is -0.300 e. The molecule has 33 heavy (non-hydrogen) atoms. The van der Waals surface area contributed by atoms with Crippen molar-refractivity contribution in [2.24, 2.45) is 0 Å². The third-order valence-electron chi connectivity index (χ3n) is 6.42. The van der Waals surface area contributed by atoms with Crippen LogP contribution in [0.2, 0.25) is 0 Å². The Balaban J connectivity index is 0.000000311. The van der Waals surface area contributed by atoms with Crippen LogP contribution in [0.4, 0.5) is 0 Å². The van der Waals surface area contributed by atoms with Gasteiger partial charge in [-0.3, -0.25) is 14.6 Å². The third kappa shape index (κ3) is 8.72. The highest BCUT2D eigenvalue weighted by Gasteiger charge is 2.20. The number of fused-ring (bicyclic) bond motifs is 1. The highest BCUT2D eigenvalue weighted by molar-refractivity contribution is 5.77. The third-order valence-corrected chi connectivity index (χ3v) is 6.42. The Kier molecular flexibility index (Phi) is 12.6. The van der Waals surface area contributed by atoms with Crippen LogP contribution in [-0.4, -0.2) is 35.2 Å². The Hall–Kier alpha value is -1.97. The molecule has 0 saturated carbocycles. The van der Waals surface area contributed by atoms with Crippen LogP contribution in [0.25, 0.3) is 0 Å². The quantitative estimate of drug-likeness (QED) is 0.407. The Morgan fingerprint density at radius 2 is 1.58 bits per heavy atom. The van der Waals surface area contributed by atoms with Crippen molar-refractivity contribution < 1.29 is 4.79 Å². The Morgan fingerprint density at radius 1 is 0.939 bits per heavy atom. The summed E-state index contributed by atoms with van der Waals surface area (Å²) in [5.41, 5.74) is 7.76. The molecule has 0 fully saturated rings. The first-order valence-corrected chi connectivity index (χ1v) is 12.8. The molecule has 0 amide bonds. The fourth-order valence-electron chi connectivity index (χ4n) is 3.75. The van der Waals surface area contributed by atoms with E-state index in [2.05, 4.69) is 89.6 Å². The normalized spacial score (nSPS) is 13.0. The van der Waals surface area contributed by atoms with Gasteiger partial charge in [-0.2, -0.15) is 0 Å². The van der Waals surface area contributed by atoms with E-state index in [4.69, 9.17) is 0 Å². The van der Waals surface area contributed by atoms with Gasteiger partial charge >= 0.3 is 0 Å². The summed E-state index contributed by atoms with van der Waals surface area (Å²) in [4.78, 5) is 15.8. The van der Waals surface area contributed by atoms with E-state index in [9.17, 15) is 4.79 Å². The minimum atomic E-state index is 0.484. The molecule has 2 aromatic carbocycles. The smallest absolute Gasteiger partial charge is 0.150 e. The average Bonchev–Trinajstić information content (AvgIpc) is 3.24. The fourth-order valence-corrected chi connectivity index (χ4v) is 3.75. The van der Waals surface area contributed by atoms with Gasteiger partial charge in [0.2, 0.25) is 0 Å². The Bertz CT molecular complexity index is 854. The molecular formula is C30H48N2O. The molecule has 3 nitrogen and oxygen atoms in total. The first kappa shape index (κ1) is 29.1. The van der Waals surface area contributed by atoms with Gasteiger partial charge < -0.3 is 0 Å². The zero-order valence-corrected chi connectivity index (χ0v) is 22.9. The number of carbonyl (C=O) groups is 1. The maximum absolute atomic E-state index is 11.0. The van der Waals surface area contributed by atoms with E-state index < -0.39 is 0 Å². The van der Waals surface area contributed by atoms with Crippen molar-refractivity contribution in [3.63, 3.8) is 0 Å². The number of carbonyl (C=O) groups excluding carboxylic acids is 1. The summed E-state index contributed by atoms with van der Waals surface area (Å²) in [6.45, 7) is 22.5. The van der Waals surface area contributed by atoms with Gasteiger partial charge in [0.25, 0.3) is 0 Å². The van der Waals surface area contributed by atoms with Crippen LogP contribution in [0.5, 0.6) is 0 Å². The summed E-state index contributed by atoms with van der Waals surface area (Å²) in [6, 6.07) is 14.2. The van der Waals surface area contributed by atoms with Gasteiger partial charge in [0.15, 0.2) is 0 Å². The van der Waals surface area contributed by atoms with Gasteiger partial charge in [-0.25, -0.2) is 0 Å². The fraction of sp³-hybridized carbons (Fsp3) is 0.567. The van der Waals surface area contributed by atoms with Crippen molar-refractivity contribution in [3.05, 3.63) is 69.8 Å². The predicted octanol–water partition coefficient (Wildman–Crippen LogP) is 7.46. The lowest BCUT2D eigenvalue weighted by Gasteiger charge is -2.22. The van der Waals surface area contributed by atoms with Crippen LogP contribution in [0.15, 0.2) is 36.4 Å². The lowest BCUT2D eigenvalue weighted by Crippen LogP contribution is -2.26. The summed E-state index contributed by atoms with van der Waals surface area (Å²) in [5.74, 6) is 0.499. The molecule has 1 aliphatic rings. The minimum absolute atomic E-state index is 0.484. The highest BCUT2D eigenvalue weighted by atomic mass is 16.1. The van der Waals surface area contributed by atoms with Crippen molar-refractivity contribution >= 4 is 6.29 Å². The van der Waals surface area contributed by atoms with E-state index in [-0.39, 0.29) is 0 Å². The second-order valence-corrected chi connectivity index (χ2v) is 9.70. The zero-order chi connectivity index (χ0) is 25.1. The molecule has 1 aliphatic heterocycles. The number of nitrogens with zero attached hydrogens (tertiary/aromatic N) is 2. The SMILES string of the molecule is CC.CC(C)c1ccc(C=O)c(CN(C)C(C)C)c1.CCc1ccc2c(c1)CN(C(C)C)C2. The van der Waals surface area contributed by atoms with Gasteiger partial charge in [-0.15, -0.1) is 0 Å². The van der Waals surface area contributed by atoms with E-state index in [1.54, 1.807) is 0 Å². The molecule has 0 saturated heterocycles. The molecule has 0 N–H and O–H groups in total. The Labute approximate surface area is 204 Å². The van der Waals surface area contributed by atoms with Crippen LogP contribution in [0.1, 0.15) is 106 Å². The molecule has 0 unspecified atom stereocenters. The van der Waals surface area contributed by atoms with Crippen molar-refractivity contribution in [2.45, 2.75) is 106 Å². The number of aldehydes is 1. The topological polar surface area (TPSA) is 23.6 Å². The molecule has 184 valence electrons. The number of benzene rings is 2. The van der Waals surface area contributed by atoms with Gasteiger partial charge in [0, 0.05) is 37.3 Å². The van der Waals surface area contributed by atoms with E-state index in [1.165, 1.54) is 22.3 Å². The van der Waals surface area contributed by atoms with Crippen LogP contribution in [0.3, 0.4) is 0 Å². The van der Waals surface area contributed by atoms with Gasteiger partial charge in [-0.05, 0) is 74.9 Å². The summed E-state index contributed by atoms with van der Waals surface area (Å²) in [5, 5.41) is 0. The van der Waals surface area contributed by atoms with Crippen molar-refractivity contribution in [2.75, 3.05) is 7.05 Å². The first-order chi connectivity index (χ1) is 15.7. The average molecular weight is 453 g/mol. The second-order valence-electron chi connectivity index (χ2n) is 9.70. The van der Waals surface area contributed by atoms with E-state index in [0.29, 0.717) is 18.0 Å². The highest BCUT2D eigenvalue weighted by Crippen LogP contribution is 2.25. The number of hydrogen-bond acceptors (Lipinski definition) is 3. The van der Waals surface area contributed by atoms with Crippen LogP contribution >= 0.6 is 0 Å². The van der Waals surface area contributed by atoms with Gasteiger partial charge in [0.1, 0.15) is 6.29 Å². The predicted molar refractivity (Wildman–Crippen MR) is 144 cm³/mol.